The Labute approximate surface area is 81.7 Å². The summed E-state index contributed by atoms with van der Waals surface area (Å²) in [6.45, 7) is 7.11. The van der Waals surface area contributed by atoms with Crippen molar-refractivity contribution in [2.75, 3.05) is 6.54 Å². The molecule has 0 saturated carbocycles. The van der Waals surface area contributed by atoms with Gasteiger partial charge < -0.3 is 5.73 Å². The van der Waals surface area contributed by atoms with E-state index in [9.17, 15) is 0 Å². The molecule has 0 amide bonds. The summed E-state index contributed by atoms with van der Waals surface area (Å²) in [5.74, 6) is 2.56. The first-order valence-electron chi connectivity index (χ1n) is 4.55. The molecule has 0 bridgehead atoms. The fourth-order valence-electron chi connectivity index (χ4n) is 0.911. The Morgan fingerprint density at radius 1 is 1.46 bits per heavy atom. The van der Waals surface area contributed by atoms with Crippen molar-refractivity contribution in [1.29, 1.82) is 0 Å². The molecular formula is C12H19N. The number of hydrogen-bond acceptors (Lipinski definition) is 1. The summed E-state index contributed by atoms with van der Waals surface area (Å²) >= 11 is 0. The van der Waals surface area contributed by atoms with Gasteiger partial charge in [-0.25, -0.2) is 0 Å². The summed E-state index contributed by atoms with van der Waals surface area (Å²) in [6, 6.07) is 0. The molecule has 72 valence electrons. The summed E-state index contributed by atoms with van der Waals surface area (Å²) in [7, 11) is 0. The minimum atomic E-state index is 0.109. The van der Waals surface area contributed by atoms with Gasteiger partial charge >= 0.3 is 0 Å². The van der Waals surface area contributed by atoms with Crippen LogP contribution in [0.4, 0.5) is 0 Å². The van der Waals surface area contributed by atoms with Gasteiger partial charge in [0.15, 0.2) is 0 Å². The van der Waals surface area contributed by atoms with Gasteiger partial charge in [-0.05, 0) is 30.0 Å². The fraction of sp³-hybridized carbons (Fsp3) is 0.500. The molecule has 2 N–H and O–H groups in total. The third kappa shape index (κ3) is 5.27. The van der Waals surface area contributed by atoms with Crippen LogP contribution in [0.25, 0.3) is 0 Å². The highest BCUT2D eigenvalue weighted by Gasteiger charge is 2.13. The minimum absolute atomic E-state index is 0.109. The number of nitrogens with two attached hydrogens (primary N) is 1. The first kappa shape index (κ1) is 12.0. The summed E-state index contributed by atoms with van der Waals surface area (Å²) < 4.78 is 0. The van der Waals surface area contributed by atoms with E-state index in [1.807, 2.05) is 6.08 Å². The van der Waals surface area contributed by atoms with E-state index in [0.29, 0.717) is 6.54 Å². The molecule has 0 unspecified atom stereocenters. The second-order valence-electron chi connectivity index (χ2n) is 4.00. The Morgan fingerprint density at radius 3 is 2.46 bits per heavy atom. The zero-order chi connectivity index (χ0) is 10.3. The molecule has 0 aliphatic rings. The Hall–Kier alpha value is -1.00. The maximum atomic E-state index is 5.39. The molecule has 0 aromatic carbocycles. The highest BCUT2D eigenvalue weighted by molar-refractivity contribution is 5.31. The lowest BCUT2D eigenvalue weighted by Crippen LogP contribution is -2.07. The van der Waals surface area contributed by atoms with Gasteiger partial charge in [0.05, 0.1) is 0 Å². The third-order valence-electron chi connectivity index (χ3n) is 1.74. The highest BCUT2D eigenvalue weighted by Crippen LogP contribution is 2.25. The van der Waals surface area contributed by atoms with Crippen LogP contribution in [0.1, 0.15) is 27.2 Å². The predicted molar refractivity (Wildman–Crippen MR) is 59.2 cm³/mol. The van der Waals surface area contributed by atoms with E-state index in [-0.39, 0.29) is 5.41 Å². The summed E-state index contributed by atoms with van der Waals surface area (Å²) in [5, 5.41) is 0. The standard InChI is InChI=1S/C12H19N/c1-5-8-11(12(2,3)4)9-6-7-10-13/h1,6,8-9H,7,10,13H2,2-4H3/b9-6-,11-8+. The fourth-order valence-corrected chi connectivity index (χ4v) is 0.911. The van der Waals surface area contributed by atoms with Crippen molar-refractivity contribution in [3.63, 3.8) is 0 Å². The molecule has 1 heteroatoms. The highest BCUT2D eigenvalue weighted by atomic mass is 14.5. The van der Waals surface area contributed by atoms with Crippen LogP contribution in [-0.4, -0.2) is 6.54 Å². The molecule has 0 radical (unpaired) electrons. The predicted octanol–water partition coefficient (Wildman–Crippen LogP) is 2.50. The van der Waals surface area contributed by atoms with Crippen LogP contribution in [0.2, 0.25) is 0 Å². The zero-order valence-electron chi connectivity index (χ0n) is 8.80. The molecule has 13 heavy (non-hydrogen) atoms. The molecule has 0 aromatic heterocycles. The van der Waals surface area contributed by atoms with Gasteiger partial charge in [0, 0.05) is 0 Å². The van der Waals surface area contributed by atoms with E-state index >= 15 is 0 Å². The lowest BCUT2D eigenvalue weighted by atomic mass is 9.86. The zero-order valence-corrected chi connectivity index (χ0v) is 8.80. The van der Waals surface area contributed by atoms with Crippen LogP contribution in [0.5, 0.6) is 0 Å². The van der Waals surface area contributed by atoms with Crippen molar-refractivity contribution >= 4 is 0 Å². The quantitative estimate of drug-likeness (QED) is 0.520. The minimum Gasteiger partial charge on any atom is -0.330 e. The molecule has 0 aromatic rings. The van der Waals surface area contributed by atoms with E-state index in [1.165, 1.54) is 5.57 Å². The molecule has 0 aliphatic heterocycles. The van der Waals surface area contributed by atoms with E-state index in [1.54, 1.807) is 0 Å². The topological polar surface area (TPSA) is 26.0 Å². The normalized spacial score (nSPS) is 13.3. The molecule has 0 spiro atoms. The molecular weight excluding hydrogens is 158 g/mol. The molecule has 0 saturated heterocycles. The Bertz CT molecular complexity index is 233. The Kier molecular flexibility index (Phi) is 5.18. The van der Waals surface area contributed by atoms with Crippen LogP contribution >= 0.6 is 0 Å². The van der Waals surface area contributed by atoms with Crippen LogP contribution in [-0.2, 0) is 0 Å². The monoisotopic (exact) mass is 177 g/mol. The second kappa shape index (κ2) is 5.61. The first-order chi connectivity index (χ1) is 6.02. The van der Waals surface area contributed by atoms with Crippen molar-refractivity contribution in [3.8, 4) is 12.3 Å². The van der Waals surface area contributed by atoms with Gasteiger partial charge in [-0.1, -0.05) is 38.8 Å². The van der Waals surface area contributed by atoms with Crippen molar-refractivity contribution in [3.05, 3.63) is 23.8 Å². The van der Waals surface area contributed by atoms with Crippen molar-refractivity contribution in [2.45, 2.75) is 27.2 Å². The number of allylic oxidation sites excluding steroid dienone is 3. The summed E-state index contributed by atoms with van der Waals surface area (Å²) in [6.07, 6.45) is 12.1. The smallest absolute Gasteiger partial charge is 0.00425 e. The van der Waals surface area contributed by atoms with Gasteiger partial charge in [-0.2, -0.15) is 0 Å². The van der Waals surface area contributed by atoms with Crippen LogP contribution in [0.15, 0.2) is 23.8 Å². The van der Waals surface area contributed by atoms with Gasteiger partial charge in [-0.15, -0.1) is 6.42 Å². The molecule has 0 atom stereocenters. The van der Waals surface area contributed by atoms with E-state index in [4.69, 9.17) is 12.2 Å². The number of terminal acetylenes is 1. The summed E-state index contributed by atoms with van der Waals surface area (Å²) in [5.41, 5.74) is 6.67. The maximum absolute atomic E-state index is 5.39. The van der Waals surface area contributed by atoms with Crippen LogP contribution < -0.4 is 5.73 Å². The molecule has 0 rings (SSSR count). The third-order valence-corrected chi connectivity index (χ3v) is 1.74. The van der Waals surface area contributed by atoms with Gasteiger partial charge in [-0.3, -0.25) is 0 Å². The molecule has 0 aliphatic carbocycles. The number of rotatable bonds is 3. The average Bonchev–Trinajstić information content (AvgIpc) is 2.01. The lowest BCUT2D eigenvalue weighted by Gasteiger charge is -2.19. The van der Waals surface area contributed by atoms with Gasteiger partial charge in [0.2, 0.25) is 0 Å². The van der Waals surface area contributed by atoms with E-state index < -0.39 is 0 Å². The number of hydrogen-bond donors (Lipinski definition) is 1. The summed E-state index contributed by atoms with van der Waals surface area (Å²) in [4.78, 5) is 0. The van der Waals surface area contributed by atoms with Crippen molar-refractivity contribution < 1.29 is 0 Å². The van der Waals surface area contributed by atoms with E-state index in [2.05, 4.69) is 38.8 Å². The largest absolute Gasteiger partial charge is 0.330 e. The molecule has 1 nitrogen and oxygen atoms in total. The van der Waals surface area contributed by atoms with Crippen molar-refractivity contribution in [1.82, 2.24) is 0 Å². The first-order valence-corrected chi connectivity index (χ1v) is 4.55. The molecule has 0 fully saturated rings. The van der Waals surface area contributed by atoms with Crippen LogP contribution in [0.3, 0.4) is 0 Å². The Balaban J connectivity index is 4.49. The van der Waals surface area contributed by atoms with E-state index in [0.717, 1.165) is 6.42 Å². The average molecular weight is 177 g/mol. The van der Waals surface area contributed by atoms with Crippen molar-refractivity contribution in [2.24, 2.45) is 11.1 Å². The van der Waals surface area contributed by atoms with Gasteiger partial charge in [0.1, 0.15) is 0 Å². The SMILES string of the molecule is C#C/C=C(\C=C/CCN)C(C)(C)C. The molecule has 0 heterocycles. The second-order valence-corrected chi connectivity index (χ2v) is 4.00. The maximum Gasteiger partial charge on any atom is -0.00425 e. The Morgan fingerprint density at radius 2 is 2.08 bits per heavy atom. The van der Waals surface area contributed by atoms with Gasteiger partial charge in [0.25, 0.3) is 0 Å². The van der Waals surface area contributed by atoms with Crippen LogP contribution in [0, 0.1) is 17.8 Å². The lowest BCUT2D eigenvalue weighted by molar-refractivity contribution is 0.517.